The zero-order valence-corrected chi connectivity index (χ0v) is 17.8. The van der Waals surface area contributed by atoms with Gasteiger partial charge < -0.3 is 15.4 Å². The third kappa shape index (κ3) is 4.64. The number of carbonyl (C=O) groups is 1. The second-order valence-electron chi connectivity index (χ2n) is 6.57. The van der Waals surface area contributed by atoms with E-state index in [1.165, 1.54) is 0 Å². The molecular formula is C23H19N3O2S2. The van der Waals surface area contributed by atoms with Gasteiger partial charge in [-0.1, -0.05) is 42.5 Å². The van der Waals surface area contributed by atoms with Gasteiger partial charge in [0.05, 0.1) is 29.4 Å². The van der Waals surface area contributed by atoms with Gasteiger partial charge in [-0.15, -0.1) is 11.3 Å². The van der Waals surface area contributed by atoms with E-state index in [4.69, 9.17) is 21.9 Å². The number of amides is 1. The van der Waals surface area contributed by atoms with Gasteiger partial charge in [-0.3, -0.25) is 4.79 Å². The molecule has 0 unspecified atom stereocenters. The van der Waals surface area contributed by atoms with E-state index in [0.717, 1.165) is 26.4 Å². The van der Waals surface area contributed by atoms with Crippen molar-refractivity contribution in [3.8, 4) is 16.3 Å². The average molecular weight is 434 g/mol. The Morgan fingerprint density at radius 2 is 1.83 bits per heavy atom. The number of carbonyl (C=O) groups excluding carboxylic acids is 1. The third-order valence-corrected chi connectivity index (χ3v) is 5.74. The van der Waals surface area contributed by atoms with Crippen LogP contribution in [0.2, 0.25) is 0 Å². The standard InChI is InChI=1S/C23H19N3O2S2/c1-28-19-12-11-16(22-24-17-9-5-6-10-20(17)30-22)14-18(19)25-23(29)26-21(27)13-15-7-3-2-4-8-15/h2-12,14H,13H2,1H3,(H2,25,26,27,29). The fourth-order valence-electron chi connectivity index (χ4n) is 3.04. The molecule has 1 amide bonds. The highest BCUT2D eigenvalue weighted by atomic mass is 32.1. The molecule has 2 N–H and O–H groups in total. The lowest BCUT2D eigenvalue weighted by Crippen LogP contribution is -2.35. The minimum Gasteiger partial charge on any atom is -0.495 e. The number of benzene rings is 3. The Morgan fingerprint density at radius 3 is 2.60 bits per heavy atom. The molecule has 3 aromatic carbocycles. The van der Waals surface area contributed by atoms with Crippen LogP contribution >= 0.6 is 23.6 Å². The number of ether oxygens (including phenoxy) is 1. The number of methoxy groups -OCH3 is 1. The summed E-state index contributed by atoms with van der Waals surface area (Å²) in [7, 11) is 1.59. The number of nitrogens with zero attached hydrogens (tertiary/aromatic N) is 1. The lowest BCUT2D eigenvalue weighted by molar-refractivity contribution is -0.119. The molecule has 0 radical (unpaired) electrons. The average Bonchev–Trinajstić information content (AvgIpc) is 3.18. The summed E-state index contributed by atoms with van der Waals surface area (Å²) in [6.45, 7) is 0. The zero-order valence-electron chi connectivity index (χ0n) is 16.2. The van der Waals surface area contributed by atoms with Crippen molar-refractivity contribution in [3.05, 3.63) is 78.4 Å². The number of aromatic nitrogens is 1. The Morgan fingerprint density at radius 1 is 1.07 bits per heavy atom. The summed E-state index contributed by atoms with van der Waals surface area (Å²) >= 11 is 6.96. The fraction of sp³-hybridized carbons (Fsp3) is 0.0870. The summed E-state index contributed by atoms with van der Waals surface area (Å²) in [6.07, 6.45) is 0.255. The molecule has 7 heteroatoms. The van der Waals surface area contributed by atoms with E-state index in [1.807, 2.05) is 66.7 Å². The number of rotatable bonds is 5. The molecule has 0 fully saturated rings. The molecular weight excluding hydrogens is 414 g/mol. The van der Waals surface area contributed by atoms with Gasteiger partial charge in [0.1, 0.15) is 10.8 Å². The molecule has 0 atom stereocenters. The number of thiocarbonyl (C=S) groups is 1. The van der Waals surface area contributed by atoms with Crippen molar-refractivity contribution in [1.82, 2.24) is 10.3 Å². The lowest BCUT2D eigenvalue weighted by Gasteiger charge is -2.14. The largest absolute Gasteiger partial charge is 0.495 e. The molecule has 5 nitrogen and oxygen atoms in total. The summed E-state index contributed by atoms with van der Waals surface area (Å²) in [5.74, 6) is 0.444. The minimum atomic E-state index is -0.181. The van der Waals surface area contributed by atoms with Gasteiger partial charge in [0.2, 0.25) is 5.91 Å². The Bertz CT molecular complexity index is 1170. The van der Waals surface area contributed by atoms with Crippen LogP contribution in [0.5, 0.6) is 5.75 Å². The van der Waals surface area contributed by atoms with Crippen molar-refractivity contribution in [1.29, 1.82) is 0 Å². The van der Waals surface area contributed by atoms with E-state index in [-0.39, 0.29) is 17.4 Å². The normalized spacial score (nSPS) is 10.6. The smallest absolute Gasteiger partial charge is 0.230 e. The van der Waals surface area contributed by atoms with Crippen LogP contribution in [0.4, 0.5) is 5.69 Å². The summed E-state index contributed by atoms with van der Waals surface area (Å²) in [4.78, 5) is 17.0. The predicted octanol–water partition coefficient (Wildman–Crippen LogP) is 5.03. The highest BCUT2D eigenvalue weighted by Gasteiger charge is 2.12. The summed E-state index contributed by atoms with van der Waals surface area (Å²) in [6, 6.07) is 23.3. The summed E-state index contributed by atoms with van der Waals surface area (Å²) in [5.41, 5.74) is 3.50. The maximum atomic E-state index is 12.3. The molecule has 0 spiro atoms. The second-order valence-corrected chi connectivity index (χ2v) is 8.01. The fourth-order valence-corrected chi connectivity index (χ4v) is 4.23. The highest BCUT2D eigenvalue weighted by Crippen LogP contribution is 2.34. The molecule has 1 heterocycles. The van der Waals surface area contributed by atoms with E-state index in [0.29, 0.717) is 11.4 Å². The molecule has 30 heavy (non-hydrogen) atoms. The van der Waals surface area contributed by atoms with Gasteiger partial charge in [0, 0.05) is 5.56 Å². The van der Waals surface area contributed by atoms with Crippen molar-refractivity contribution < 1.29 is 9.53 Å². The number of hydrogen-bond donors (Lipinski definition) is 2. The molecule has 0 saturated carbocycles. The van der Waals surface area contributed by atoms with Gasteiger partial charge in [0.15, 0.2) is 5.11 Å². The Balaban J connectivity index is 1.50. The molecule has 0 aliphatic heterocycles. The predicted molar refractivity (Wildman–Crippen MR) is 126 cm³/mol. The van der Waals surface area contributed by atoms with Gasteiger partial charge in [-0.05, 0) is 48.1 Å². The van der Waals surface area contributed by atoms with Crippen molar-refractivity contribution in [3.63, 3.8) is 0 Å². The quantitative estimate of drug-likeness (QED) is 0.432. The maximum absolute atomic E-state index is 12.3. The molecule has 1 aromatic heterocycles. The zero-order chi connectivity index (χ0) is 20.9. The van der Waals surface area contributed by atoms with Crippen LogP contribution in [0.3, 0.4) is 0 Å². The number of thiazole rings is 1. The minimum absolute atomic E-state index is 0.181. The summed E-state index contributed by atoms with van der Waals surface area (Å²) in [5, 5.41) is 6.92. The van der Waals surface area contributed by atoms with Crippen LogP contribution in [0.1, 0.15) is 5.56 Å². The molecule has 0 aliphatic carbocycles. The van der Waals surface area contributed by atoms with Gasteiger partial charge >= 0.3 is 0 Å². The number of anilines is 1. The lowest BCUT2D eigenvalue weighted by atomic mass is 10.1. The van der Waals surface area contributed by atoms with Crippen LogP contribution in [0.15, 0.2) is 72.8 Å². The first-order chi connectivity index (χ1) is 14.6. The van der Waals surface area contributed by atoms with Crippen molar-refractivity contribution in [2.45, 2.75) is 6.42 Å². The second kappa shape index (κ2) is 9.02. The molecule has 4 aromatic rings. The van der Waals surface area contributed by atoms with E-state index >= 15 is 0 Å². The number of hydrogen-bond acceptors (Lipinski definition) is 5. The number of para-hydroxylation sites is 1. The molecule has 0 aliphatic rings. The third-order valence-electron chi connectivity index (χ3n) is 4.45. The first-order valence-electron chi connectivity index (χ1n) is 9.31. The van der Waals surface area contributed by atoms with Crippen LogP contribution in [0.25, 0.3) is 20.8 Å². The van der Waals surface area contributed by atoms with Crippen LogP contribution in [0, 0.1) is 0 Å². The Hall–Kier alpha value is -3.29. The van der Waals surface area contributed by atoms with Crippen molar-refractivity contribution in [2.75, 3.05) is 12.4 Å². The SMILES string of the molecule is COc1ccc(-c2nc3ccccc3s2)cc1NC(=S)NC(=O)Cc1ccccc1. The monoisotopic (exact) mass is 433 g/mol. The van der Waals surface area contributed by atoms with Crippen LogP contribution in [-0.4, -0.2) is 23.1 Å². The highest BCUT2D eigenvalue weighted by molar-refractivity contribution is 7.80. The van der Waals surface area contributed by atoms with Gasteiger partial charge in [-0.2, -0.15) is 0 Å². The number of fused-ring (bicyclic) bond motifs is 1. The molecule has 0 bridgehead atoms. The molecule has 150 valence electrons. The number of nitrogens with one attached hydrogen (secondary N) is 2. The van der Waals surface area contributed by atoms with Crippen molar-refractivity contribution in [2.24, 2.45) is 0 Å². The molecule has 4 rings (SSSR count). The molecule has 0 saturated heterocycles. The van der Waals surface area contributed by atoms with E-state index < -0.39 is 0 Å². The van der Waals surface area contributed by atoms with Crippen molar-refractivity contribution >= 4 is 50.5 Å². The topological polar surface area (TPSA) is 63.2 Å². The van der Waals surface area contributed by atoms with Gasteiger partial charge in [-0.25, -0.2) is 4.98 Å². The van der Waals surface area contributed by atoms with E-state index in [1.54, 1.807) is 18.4 Å². The Kier molecular flexibility index (Phi) is 6.02. The first kappa shape index (κ1) is 20.0. The maximum Gasteiger partial charge on any atom is 0.230 e. The Labute approximate surface area is 183 Å². The van der Waals surface area contributed by atoms with E-state index in [2.05, 4.69) is 16.7 Å². The summed E-state index contributed by atoms with van der Waals surface area (Å²) < 4.78 is 6.57. The first-order valence-corrected chi connectivity index (χ1v) is 10.5. The van der Waals surface area contributed by atoms with Crippen LogP contribution < -0.4 is 15.4 Å². The van der Waals surface area contributed by atoms with Gasteiger partial charge in [0.25, 0.3) is 0 Å². The van der Waals surface area contributed by atoms with Crippen LogP contribution in [-0.2, 0) is 11.2 Å². The van der Waals surface area contributed by atoms with E-state index in [9.17, 15) is 4.79 Å².